The molecule has 0 bridgehead atoms. The number of rotatable bonds is 2. The highest BCUT2D eigenvalue weighted by atomic mass is 32.2. The van der Waals surface area contributed by atoms with Crippen LogP contribution in [-0.4, -0.2) is 27.6 Å². The van der Waals surface area contributed by atoms with Crippen LogP contribution in [0.2, 0.25) is 0 Å². The second-order valence-electron chi connectivity index (χ2n) is 4.38. The molecule has 1 atom stereocenters. The number of hydrogen-bond donors (Lipinski definition) is 1. The van der Waals surface area contributed by atoms with Crippen molar-refractivity contribution in [2.24, 2.45) is 10.7 Å². The van der Waals surface area contributed by atoms with E-state index < -0.39 is 0 Å². The average Bonchev–Trinajstić information content (AvgIpc) is 2.98. The van der Waals surface area contributed by atoms with Crippen molar-refractivity contribution < 1.29 is 0 Å². The monoisotopic (exact) mass is 278 g/mol. The van der Waals surface area contributed by atoms with E-state index in [1.54, 1.807) is 23.1 Å². The Hall–Kier alpha value is -1.11. The minimum Gasteiger partial charge on any atom is -0.323 e. The lowest BCUT2D eigenvalue weighted by Gasteiger charge is -2.28. The molecule has 0 saturated carbocycles. The van der Waals surface area contributed by atoms with Crippen LogP contribution in [0.1, 0.15) is 19.5 Å². The number of amidine groups is 1. The summed E-state index contributed by atoms with van der Waals surface area (Å²) in [6.45, 7) is 4.89. The third kappa shape index (κ3) is 1.90. The van der Waals surface area contributed by atoms with Crippen molar-refractivity contribution in [3.05, 3.63) is 33.4 Å². The molecular formula is C12H14N4S2. The Kier molecular flexibility index (Phi) is 3.01. The molecule has 4 nitrogen and oxygen atoms in total. The van der Waals surface area contributed by atoms with Crippen molar-refractivity contribution in [3.8, 4) is 0 Å². The van der Waals surface area contributed by atoms with Gasteiger partial charge in [-0.05, 0) is 19.3 Å². The molecule has 2 aliphatic heterocycles. The quantitative estimate of drug-likeness (QED) is 0.903. The van der Waals surface area contributed by atoms with Crippen LogP contribution in [0.4, 0.5) is 0 Å². The molecule has 0 amide bonds. The van der Waals surface area contributed by atoms with E-state index in [9.17, 15) is 0 Å². The molecule has 3 rings (SSSR count). The summed E-state index contributed by atoms with van der Waals surface area (Å²) in [6.07, 6.45) is 0. The summed E-state index contributed by atoms with van der Waals surface area (Å²) in [5, 5.41) is 5.21. The third-order valence-electron chi connectivity index (χ3n) is 3.01. The van der Waals surface area contributed by atoms with Crippen molar-refractivity contribution >= 4 is 33.8 Å². The molecule has 94 valence electrons. The fourth-order valence-electron chi connectivity index (χ4n) is 2.06. The lowest BCUT2D eigenvalue weighted by molar-refractivity contribution is 0.580. The molecule has 3 heterocycles. The summed E-state index contributed by atoms with van der Waals surface area (Å²) in [4.78, 5) is 11.3. The minimum absolute atomic E-state index is 0.0714. The topological polar surface area (TPSA) is 54.5 Å². The zero-order valence-electron chi connectivity index (χ0n) is 10.3. The largest absolute Gasteiger partial charge is 0.323 e. The summed E-state index contributed by atoms with van der Waals surface area (Å²) in [5.41, 5.74) is 12.2. The number of allylic oxidation sites excluding steroid dienone is 1. The summed E-state index contributed by atoms with van der Waals surface area (Å²) in [7, 11) is 0. The van der Waals surface area contributed by atoms with E-state index >= 15 is 0 Å². The average molecular weight is 278 g/mol. The Morgan fingerprint density at radius 2 is 2.33 bits per heavy atom. The summed E-state index contributed by atoms with van der Waals surface area (Å²) in [6, 6.07) is -0.0714. The highest BCUT2D eigenvalue weighted by Gasteiger charge is 2.29. The Labute approximate surface area is 114 Å². The van der Waals surface area contributed by atoms with E-state index in [-0.39, 0.29) is 6.04 Å². The molecule has 1 aromatic heterocycles. The predicted molar refractivity (Wildman–Crippen MR) is 78.2 cm³/mol. The van der Waals surface area contributed by atoms with Crippen LogP contribution < -0.4 is 5.73 Å². The molecule has 6 heteroatoms. The van der Waals surface area contributed by atoms with Crippen LogP contribution in [0.3, 0.4) is 0 Å². The van der Waals surface area contributed by atoms with E-state index in [1.807, 2.05) is 12.4 Å². The standard InChI is InChI=1S/C12H14N4S2/c1-7-4-18-12-15-11(8(2)13)9(3-16(7)12)10-5-17-6-14-10/h4-6,8H,3,13H2,1-2H3. The van der Waals surface area contributed by atoms with Gasteiger partial charge in [-0.3, -0.25) is 0 Å². The van der Waals surface area contributed by atoms with Gasteiger partial charge in [0.25, 0.3) is 0 Å². The first-order valence-corrected chi connectivity index (χ1v) is 7.56. The van der Waals surface area contributed by atoms with Crippen molar-refractivity contribution in [1.82, 2.24) is 9.88 Å². The normalized spacial score (nSPS) is 20.7. The molecule has 0 fully saturated rings. The van der Waals surface area contributed by atoms with Gasteiger partial charge in [0.2, 0.25) is 0 Å². The summed E-state index contributed by atoms with van der Waals surface area (Å²) < 4.78 is 0. The Balaban J connectivity index is 2.07. The maximum Gasteiger partial charge on any atom is 0.173 e. The molecule has 0 spiro atoms. The Morgan fingerprint density at radius 1 is 1.50 bits per heavy atom. The van der Waals surface area contributed by atoms with Gasteiger partial charge in [-0.15, -0.1) is 11.3 Å². The first-order valence-electron chi connectivity index (χ1n) is 5.73. The fourth-order valence-corrected chi connectivity index (χ4v) is 3.51. The smallest absolute Gasteiger partial charge is 0.173 e. The van der Waals surface area contributed by atoms with E-state index in [0.717, 1.165) is 28.7 Å². The van der Waals surface area contributed by atoms with Gasteiger partial charge in [0.15, 0.2) is 5.17 Å². The van der Waals surface area contributed by atoms with Gasteiger partial charge in [0, 0.05) is 22.7 Å². The highest BCUT2D eigenvalue weighted by Crippen LogP contribution is 2.35. The molecule has 0 saturated heterocycles. The second kappa shape index (κ2) is 4.53. The van der Waals surface area contributed by atoms with Crippen molar-refractivity contribution in [1.29, 1.82) is 0 Å². The number of aromatic nitrogens is 1. The highest BCUT2D eigenvalue weighted by molar-refractivity contribution is 8.16. The molecule has 0 radical (unpaired) electrons. The van der Waals surface area contributed by atoms with Crippen LogP contribution >= 0.6 is 23.1 Å². The number of thiazole rings is 1. The molecule has 0 aliphatic carbocycles. The second-order valence-corrected chi connectivity index (χ2v) is 5.94. The Morgan fingerprint density at radius 3 is 3.00 bits per heavy atom. The maximum atomic E-state index is 6.05. The maximum absolute atomic E-state index is 6.05. The van der Waals surface area contributed by atoms with E-state index in [4.69, 9.17) is 10.7 Å². The van der Waals surface area contributed by atoms with E-state index in [2.05, 4.69) is 27.6 Å². The zero-order valence-corrected chi connectivity index (χ0v) is 11.9. The molecular weight excluding hydrogens is 264 g/mol. The predicted octanol–water partition coefficient (Wildman–Crippen LogP) is 2.48. The fraction of sp³-hybridized carbons (Fsp3) is 0.333. The van der Waals surface area contributed by atoms with Gasteiger partial charge in [0.05, 0.1) is 23.4 Å². The molecule has 1 unspecified atom stereocenters. The van der Waals surface area contributed by atoms with Gasteiger partial charge in [-0.2, -0.15) is 0 Å². The molecule has 2 aliphatic rings. The number of fused-ring (bicyclic) bond motifs is 1. The SMILES string of the molecule is CC1=CSC2=NC(C(C)N)=C(c3cscn3)CN12. The summed E-state index contributed by atoms with van der Waals surface area (Å²) in [5.74, 6) is 0. The van der Waals surface area contributed by atoms with Crippen LogP contribution in [-0.2, 0) is 0 Å². The van der Waals surface area contributed by atoms with Crippen molar-refractivity contribution in [2.45, 2.75) is 19.9 Å². The first kappa shape index (κ1) is 12.0. The molecule has 0 aromatic carbocycles. The molecule has 1 aromatic rings. The lowest BCUT2D eigenvalue weighted by atomic mass is 10.1. The first-order chi connectivity index (χ1) is 8.66. The number of nitrogens with zero attached hydrogens (tertiary/aromatic N) is 3. The van der Waals surface area contributed by atoms with E-state index in [0.29, 0.717) is 0 Å². The number of hydrogen-bond acceptors (Lipinski definition) is 6. The van der Waals surface area contributed by atoms with Gasteiger partial charge in [0.1, 0.15) is 0 Å². The molecule has 18 heavy (non-hydrogen) atoms. The molecule has 2 N–H and O–H groups in total. The number of aliphatic imine (C=N–C) groups is 1. The van der Waals surface area contributed by atoms with Crippen LogP contribution in [0.5, 0.6) is 0 Å². The van der Waals surface area contributed by atoms with Gasteiger partial charge < -0.3 is 10.6 Å². The van der Waals surface area contributed by atoms with Gasteiger partial charge in [-0.1, -0.05) is 11.8 Å². The third-order valence-corrected chi connectivity index (χ3v) is 4.57. The summed E-state index contributed by atoms with van der Waals surface area (Å²) >= 11 is 3.26. The van der Waals surface area contributed by atoms with Gasteiger partial charge >= 0.3 is 0 Å². The van der Waals surface area contributed by atoms with Crippen LogP contribution in [0.15, 0.2) is 32.7 Å². The van der Waals surface area contributed by atoms with Crippen molar-refractivity contribution in [3.63, 3.8) is 0 Å². The lowest BCUT2D eigenvalue weighted by Crippen LogP contribution is -2.32. The van der Waals surface area contributed by atoms with Gasteiger partial charge in [-0.25, -0.2) is 9.98 Å². The van der Waals surface area contributed by atoms with E-state index in [1.165, 1.54) is 5.70 Å². The Bertz CT molecular complexity index is 555. The van der Waals surface area contributed by atoms with Crippen LogP contribution in [0, 0.1) is 0 Å². The minimum atomic E-state index is -0.0714. The number of thioether (sulfide) groups is 1. The van der Waals surface area contributed by atoms with Crippen molar-refractivity contribution in [2.75, 3.05) is 6.54 Å². The van der Waals surface area contributed by atoms with Crippen LogP contribution in [0.25, 0.3) is 5.57 Å². The zero-order chi connectivity index (χ0) is 12.7. The number of nitrogens with two attached hydrogens (primary N) is 1.